The first-order valence-corrected chi connectivity index (χ1v) is 9.24. The number of likely N-dealkylation sites (tertiary alicyclic amines) is 2. The number of carbonyl (C=O) groups is 1. The number of hydrogen-bond acceptors (Lipinski definition) is 4. The highest BCUT2D eigenvalue weighted by Gasteiger charge is 2.33. The van der Waals surface area contributed by atoms with Gasteiger partial charge in [0.1, 0.15) is 6.10 Å². The van der Waals surface area contributed by atoms with Crippen molar-refractivity contribution in [2.24, 2.45) is 5.92 Å². The second kappa shape index (κ2) is 8.43. The van der Waals surface area contributed by atoms with Crippen molar-refractivity contribution in [1.29, 1.82) is 0 Å². The SMILES string of the molecule is CCN1CCC[C@@H](CNC(=O)N2CC(Oc3ccccc3OC)C2)C1. The van der Waals surface area contributed by atoms with Crippen LogP contribution in [0.3, 0.4) is 0 Å². The number of nitrogens with one attached hydrogen (secondary N) is 1. The highest BCUT2D eigenvalue weighted by molar-refractivity contribution is 5.75. The Morgan fingerprint density at radius 3 is 2.72 bits per heavy atom. The smallest absolute Gasteiger partial charge is 0.317 e. The van der Waals surface area contributed by atoms with E-state index < -0.39 is 0 Å². The minimum Gasteiger partial charge on any atom is -0.493 e. The van der Waals surface area contributed by atoms with E-state index in [1.54, 1.807) is 12.0 Å². The van der Waals surface area contributed by atoms with Crippen LogP contribution in [-0.4, -0.2) is 68.3 Å². The largest absolute Gasteiger partial charge is 0.493 e. The fraction of sp³-hybridized carbons (Fsp3) is 0.632. The van der Waals surface area contributed by atoms with Gasteiger partial charge in [-0.25, -0.2) is 4.79 Å². The van der Waals surface area contributed by atoms with Crippen LogP contribution in [0.15, 0.2) is 24.3 Å². The van der Waals surface area contributed by atoms with E-state index in [0.717, 1.165) is 31.1 Å². The maximum atomic E-state index is 12.3. The van der Waals surface area contributed by atoms with E-state index in [1.165, 1.54) is 19.4 Å². The first-order valence-electron chi connectivity index (χ1n) is 9.24. The monoisotopic (exact) mass is 347 g/mol. The molecule has 0 aromatic heterocycles. The van der Waals surface area contributed by atoms with Crippen LogP contribution < -0.4 is 14.8 Å². The predicted molar refractivity (Wildman–Crippen MR) is 97.2 cm³/mol. The standard InChI is InChI=1S/C19H29N3O3/c1-3-21-10-6-7-15(12-21)11-20-19(23)22-13-16(14-22)25-18-9-5-4-8-17(18)24-2/h4-5,8-9,15-16H,3,6-7,10-14H2,1-2H3,(H,20,23)/t15-/m0/s1. The molecule has 0 saturated carbocycles. The maximum Gasteiger partial charge on any atom is 0.317 e. The Balaban J connectivity index is 1.38. The zero-order chi connectivity index (χ0) is 17.6. The summed E-state index contributed by atoms with van der Waals surface area (Å²) < 4.78 is 11.2. The third-order valence-electron chi connectivity index (χ3n) is 5.09. The highest BCUT2D eigenvalue weighted by atomic mass is 16.5. The van der Waals surface area contributed by atoms with Gasteiger partial charge in [-0.3, -0.25) is 0 Å². The van der Waals surface area contributed by atoms with E-state index in [4.69, 9.17) is 9.47 Å². The average Bonchev–Trinajstić information content (AvgIpc) is 2.62. The van der Waals surface area contributed by atoms with E-state index >= 15 is 0 Å². The molecule has 2 amide bonds. The summed E-state index contributed by atoms with van der Waals surface area (Å²) in [5.41, 5.74) is 0. The normalized spacial score (nSPS) is 21.5. The molecular weight excluding hydrogens is 318 g/mol. The topological polar surface area (TPSA) is 54.0 Å². The van der Waals surface area contributed by atoms with Gasteiger partial charge in [0.2, 0.25) is 0 Å². The van der Waals surface area contributed by atoms with Crippen LogP contribution in [0.4, 0.5) is 4.79 Å². The molecule has 1 aromatic carbocycles. The van der Waals surface area contributed by atoms with Gasteiger partial charge in [0.15, 0.2) is 11.5 Å². The number of amides is 2. The summed E-state index contributed by atoms with van der Waals surface area (Å²) in [5, 5.41) is 3.09. The van der Waals surface area contributed by atoms with Crippen molar-refractivity contribution in [3.05, 3.63) is 24.3 Å². The van der Waals surface area contributed by atoms with Crippen LogP contribution in [0, 0.1) is 5.92 Å². The van der Waals surface area contributed by atoms with E-state index in [0.29, 0.717) is 19.0 Å². The zero-order valence-electron chi connectivity index (χ0n) is 15.2. The number of benzene rings is 1. The summed E-state index contributed by atoms with van der Waals surface area (Å²) in [5.74, 6) is 2.03. The van der Waals surface area contributed by atoms with Gasteiger partial charge in [-0.15, -0.1) is 0 Å². The average molecular weight is 347 g/mol. The first-order chi connectivity index (χ1) is 12.2. The Morgan fingerprint density at radius 1 is 1.24 bits per heavy atom. The number of hydrogen-bond donors (Lipinski definition) is 1. The molecule has 25 heavy (non-hydrogen) atoms. The molecule has 2 fully saturated rings. The Kier molecular flexibility index (Phi) is 6.02. The Labute approximate surface area is 150 Å². The molecule has 0 bridgehead atoms. The summed E-state index contributed by atoms with van der Waals surface area (Å²) >= 11 is 0. The molecule has 138 valence electrons. The van der Waals surface area contributed by atoms with Crippen molar-refractivity contribution in [2.45, 2.75) is 25.9 Å². The molecule has 0 radical (unpaired) electrons. The van der Waals surface area contributed by atoms with E-state index in [9.17, 15) is 4.79 Å². The summed E-state index contributed by atoms with van der Waals surface area (Å²) in [6.07, 6.45) is 2.47. The molecule has 2 aliphatic rings. The lowest BCUT2D eigenvalue weighted by molar-refractivity contribution is 0.0420. The molecular formula is C19H29N3O3. The number of ether oxygens (including phenoxy) is 2. The van der Waals surface area contributed by atoms with E-state index in [-0.39, 0.29) is 12.1 Å². The fourth-order valence-corrected chi connectivity index (χ4v) is 3.52. The highest BCUT2D eigenvalue weighted by Crippen LogP contribution is 2.28. The van der Waals surface area contributed by atoms with Crippen LogP contribution >= 0.6 is 0 Å². The Bertz CT molecular complexity index is 575. The van der Waals surface area contributed by atoms with Crippen LogP contribution in [0.25, 0.3) is 0 Å². The summed E-state index contributed by atoms with van der Waals surface area (Å²) in [6.45, 7) is 7.59. The van der Waals surface area contributed by atoms with Crippen molar-refractivity contribution in [2.75, 3.05) is 46.4 Å². The number of urea groups is 1. The quantitative estimate of drug-likeness (QED) is 0.857. The minimum atomic E-state index is 0.0218. The van der Waals surface area contributed by atoms with Crippen molar-refractivity contribution in [3.8, 4) is 11.5 Å². The number of para-hydroxylation sites is 2. The fourth-order valence-electron chi connectivity index (χ4n) is 3.52. The number of methoxy groups -OCH3 is 1. The molecule has 1 N–H and O–H groups in total. The summed E-state index contributed by atoms with van der Waals surface area (Å²) in [7, 11) is 1.63. The van der Waals surface area contributed by atoms with Gasteiger partial charge in [-0.05, 0) is 44.0 Å². The third-order valence-corrected chi connectivity index (χ3v) is 5.09. The Hall–Kier alpha value is -1.95. The van der Waals surface area contributed by atoms with Gasteiger partial charge in [0.05, 0.1) is 20.2 Å². The number of piperidine rings is 1. The van der Waals surface area contributed by atoms with Crippen molar-refractivity contribution >= 4 is 6.03 Å². The second-order valence-electron chi connectivity index (χ2n) is 6.88. The molecule has 2 heterocycles. The molecule has 2 saturated heterocycles. The lowest BCUT2D eigenvalue weighted by Gasteiger charge is -2.39. The van der Waals surface area contributed by atoms with Crippen molar-refractivity contribution in [3.63, 3.8) is 0 Å². The van der Waals surface area contributed by atoms with Gasteiger partial charge < -0.3 is 24.6 Å². The van der Waals surface area contributed by atoms with Crippen molar-refractivity contribution < 1.29 is 14.3 Å². The maximum absolute atomic E-state index is 12.3. The second-order valence-corrected chi connectivity index (χ2v) is 6.88. The first kappa shape index (κ1) is 17.9. The molecule has 1 atom stereocenters. The van der Waals surface area contributed by atoms with Crippen LogP contribution in [0.5, 0.6) is 11.5 Å². The van der Waals surface area contributed by atoms with Gasteiger partial charge in [-0.2, -0.15) is 0 Å². The van der Waals surface area contributed by atoms with Gasteiger partial charge in [0.25, 0.3) is 0 Å². The molecule has 6 nitrogen and oxygen atoms in total. The number of rotatable bonds is 6. The lowest BCUT2D eigenvalue weighted by Crippen LogP contribution is -2.59. The van der Waals surface area contributed by atoms with Crippen LogP contribution in [-0.2, 0) is 0 Å². The van der Waals surface area contributed by atoms with Gasteiger partial charge in [0, 0.05) is 13.1 Å². The minimum absolute atomic E-state index is 0.0218. The number of nitrogens with zero attached hydrogens (tertiary/aromatic N) is 2. The predicted octanol–water partition coefficient (Wildman–Crippen LogP) is 2.20. The molecule has 2 aliphatic heterocycles. The molecule has 0 aliphatic carbocycles. The van der Waals surface area contributed by atoms with E-state index in [2.05, 4.69) is 17.1 Å². The summed E-state index contributed by atoms with van der Waals surface area (Å²) in [6, 6.07) is 7.63. The van der Waals surface area contributed by atoms with E-state index in [1.807, 2.05) is 24.3 Å². The molecule has 3 rings (SSSR count). The molecule has 0 spiro atoms. The molecule has 1 aromatic rings. The van der Waals surface area contributed by atoms with Crippen molar-refractivity contribution in [1.82, 2.24) is 15.1 Å². The molecule has 6 heteroatoms. The Morgan fingerprint density at radius 2 is 2.00 bits per heavy atom. The van der Waals surface area contributed by atoms with Gasteiger partial charge in [-0.1, -0.05) is 19.1 Å². The lowest BCUT2D eigenvalue weighted by atomic mass is 9.98. The molecule has 0 unspecified atom stereocenters. The van der Waals surface area contributed by atoms with Crippen LogP contribution in [0.1, 0.15) is 19.8 Å². The third kappa shape index (κ3) is 4.57. The number of carbonyl (C=O) groups excluding carboxylic acids is 1. The van der Waals surface area contributed by atoms with Crippen LogP contribution in [0.2, 0.25) is 0 Å². The van der Waals surface area contributed by atoms with Gasteiger partial charge >= 0.3 is 6.03 Å². The zero-order valence-corrected chi connectivity index (χ0v) is 15.2. The summed E-state index contributed by atoms with van der Waals surface area (Å²) in [4.78, 5) is 16.5.